The quantitative estimate of drug-likeness (QED) is 0.470. The fraction of sp³-hybridized carbons (Fsp3) is 0.364. The molecule has 3 rings (SSSR count). The van der Waals surface area contributed by atoms with Crippen LogP contribution in [0.2, 0.25) is 0 Å². The number of nitrogens with zero attached hydrogens (tertiary/aromatic N) is 3. The van der Waals surface area contributed by atoms with E-state index in [4.69, 9.17) is 9.47 Å². The molecule has 0 aliphatic carbocycles. The fourth-order valence-corrected chi connectivity index (χ4v) is 4.15. The number of sulfonamides is 1. The van der Waals surface area contributed by atoms with Gasteiger partial charge < -0.3 is 14.0 Å². The highest BCUT2D eigenvalue weighted by Gasteiger charge is 2.20. The van der Waals surface area contributed by atoms with Crippen LogP contribution in [0.1, 0.15) is 35.1 Å². The number of hydrogen-bond donors (Lipinski definition) is 0. The molecule has 0 saturated carbocycles. The summed E-state index contributed by atoms with van der Waals surface area (Å²) in [6, 6.07) is 11.9. The van der Waals surface area contributed by atoms with Crippen LogP contribution in [0.15, 0.2) is 47.4 Å². The van der Waals surface area contributed by atoms with Gasteiger partial charge in [0.2, 0.25) is 10.0 Å². The van der Waals surface area contributed by atoms with Gasteiger partial charge in [-0.3, -0.25) is 0 Å². The second-order valence-corrected chi connectivity index (χ2v) is 9.48. The zero-order valence-electron chi connectivity index (χ0n) is 18.2. The van der Waals surface area contributed by atoms with E-state index in [1.54, 1.807) is 37.4 Å². The van der Waals surface area contributed by atoms with Crippen molar-refractivity contribution in [3.05, 3.63) is 59.4 Å². The second-order valence-electron chi connectivity index (χ2n) is 7.32. The lowest BCUT2D eigenvalue weighted by Gasteiger charge is -2.11. The minimum atomic E-state index is -3.56. The summed E-state index contributed by atoms with van der Waals surface area (Å²) in [5.41, 5.74) is 2.76. The van der Waals surface area contributed by atoms with Gasteiger partial charge in [0, 0.05) is 27.7 Å². The Morgan fingerprint density at radius 1 is 1.10 bits per heavy atom. The van der Waals surface area contributed by atoms with Gasteiger partial charge in [0.15, 0.2) is 0 Å². The van der Waals surface area contributed by atoms with Crippen LogP contribution >= 0.6 is 0 Å². The maximum absolute atomic E-state index is 12.5. The van der Waals surface area contributed by atoms with Crippen LogP contribution < -0.4 is 0 Å². The van der Waals surface area contributed by atoms with Crippen LogP contribution in [-0.4, -0.2) is 49.4 Å². The normalized spacial score (nSPS) is 11.9. The van der Waals surface area contributed by atoms with E-state index in [0.29, 0.717) is 30.1 Å². The zero-order chi connectivity index (χ0) is 22.6. The number of imidazole rings is 1. The third-order valence-electron chi connectivity index (χ3n) is 4.86. The summed E-state index contributed by atoms with van der Waals surface area (Å²) < 4.78 is 38.6. The van der Waals surface area contributed by atoms with Gasteiger partial charge in [-0.1, -0.05) is 19.1 Å². The van der Waals surface area contributed by atoms with E-state index < -0.39 is 16.0 Å². The topological polar surface area (TPSA) is 90.7 Å². The molecule has 9 heteroatoms. The smallest absolute Gasteiger partial charge is 0.338 e. The number of ether oxygens (including phenoxy) is 2. The summed E-state index contributed by atoms with van der Waals surface area (Å²) in [5, 5.41) is 0. The summed E-state index contributed by atoms with van der Waals surface area (Å²) in [7, 11) is 1.03. The molecule has 3 aromatic rings. The van der Waals surface area contributed by atoms with Crippen molar-refractivity contribution in [1.82, 2.24) is 13.9 Å². The number of fused-ring (bicyclic) bond motifs is 1. The second kappa shape index (κ2) is 9.59. The van der Waals surface area contributed by atoms with Crippen molar-refractivity contribution in [2.75, 3.05) is 21.2 Å². The molecule has 31 heavy (non-hydrogen) atoms. The molecule has 8 nitrogen and oxygen atoms in total. The molecule has 0 aliphatic heterocycles. The molecule has 0 spiro atoms. The standard InChI is InChI=1S/C22H27N3O5S/c1-5-12-25-20-11-10-18(31(27,28)24(2)3)13-19(20)23-21(25)15-30-22(26)17-8-6-16(7-9-17)14-29-4/h6-11,13H,5,12,14-15H2,1-4H3. The average Bonchev–Trinajstić information content (AvgIpc) is 3.09. The predicted molar refractivity (Wildman–Crippen MR) is 117 cm³/mol. The summed E-state index contributed by atoms with van der Waals surface area (Å²) in [5.74, 6) is 0.121. The number of methoxy groups -OCH3 is 1. The Bertz CT molecular complexity index is 1170. The summed E-state index contributed by atoms with van der Waals surface area (Å²) in [6.07, 6.45) is 0.852. The first-order chi connectivity index (χ1) is 14.8. The van der Waals surface area contributed by atoms with E-state index in [2.05, 4.69) is 4.98 Å². The van der Waals surface area contributed by atoms with Crippen LogP contribution in [0.3, 0.4) is 0 Å². The van der Waals surface area contributed by atoms with E-state index in [0.717, 1.165) is 21.8 Å². The predicted octanol–water partition coefficient (Wildman–Crippen LogP) is 3.20. The molecule has 0 aliphatic rings. The molecular weight excluding hydrogens is 418 g/mol. The van der Waals surface area contributed by atoms with E-state index in [1.165, 1.54) is 14.1 Å². The highest BCUT2D eigenvalue weighted by molar-refractivity contribution is 7.89. The highest BCUT2D eigenvalue weighted by Crippen LogP contribution is 2.23. The van der Waals surface area contributed by atoms with Gasteiger partial charge >= 0.3 is 5.97 Å². The van der Waals surface area contributed by atoms with Crippen molar-refractivity contribution >= 4 is 27.0 Å². The first kappa shape index (κ1) is 22.9. The van der Waals surface area contributed by atoms with Gasteiger partial charge in [0.1, 0.15) is 12.4 Å². The number of benzene rings is 2. The lowest BCUT2D eigenvalue weighted by Crippen LogP contribution is -2.22. The summed E-state index contributed by atoms with van der Waals surface area (Å²) >= 11 is 0. The van der Waals surface area contributed by atoms with Crippen molar-refractivity contribution in [3.8, 4) is 0 Å². The number of aryl methyl sites for hydroxylation is 1. The third-order valence-corrected chi connectivity index (χ3v) is 6.67. The third kappa shape index (κ3) is 4.95. The van der Waals surface area contributed by atoms with Crippen LogP contribution in [0.5, 0.6) is 0 Å². The molecule has 0 atom stereocenters. The van der Waals surface area contributed by atoms with Crippen molar-refractivity contribution in [3.63, 3.8) is 0 Å². The van der Waals surface area contributed by atoms with E-state index in [1.807, 2.05) is 23.6 Å². The van der Waals surface area contributed by atoms with Gasteiger partial charge in [-0.15, -0.1) is 0 Å². The molecule has 166 valence electrons. The molecule has 0 saturated heterocycles. The Labute approximate surface area is 182 Å². The van der Waals surface area contributed by atoms with Crippen LogP contribution in [-0.2, 0) is 39.3 Å². The van der Waals surface area contributed by atoms with Crippen molar-refractivity contribution < 1.29 is 22.7 Å². The average molecular weight is 446 g/mol. The molecule has 0 unspecified atom stereocenters. The lowest BCUT2D eigenvalue weighted by atomic mass is 10.1. The van der Waals surface area contributed by atoms with Crippen LogP contribution in [0.4, 0.5) is 0 Å². The Kier molecular flexibility index (Phi) is 7.09. The van der Waals surface area contributed by atoms with Crippen molar-refractivity contribution in [1.29, 1.82) is 0 Å². The molecule has 1 heterocycles. The first-order valence-electron chi connectivity index (χ1n) is 9.94. The number of hydrogen-bond acceptors (Lipinski definition) is 6. The molecule has 2 aromatic carbocycles. The highest BCUT2D eigenvalue weighted by atomic mass is 32.2. The number of esters is 1. The molecule has 0 amide bonds. The maximum atomic E-state index is 12.5. The van der Waals surface area contributed by atoms with Crippen molar-refractivity contribution in [2.24, 2.45) is 0 Å². The number of rotatable bonds is 9. The van der Waals surface area contributed by atoms with E-state index in [9.17, 15) is 13.2 Å². The SMILES string of the molecule is CCCn1c(COC(=O)c2ccc(COC)cc2)nc2cc(S(=O)(=O)N(C)C)ccc21. The molecule has 0 radical (unpaired) electrons. The lowest BCUT2D eigenvalue weighted by molar-refractivity contribution is 0.0458. The Morgan fingerprint density at radius 3 is 2.42 bits per heavy atom. The monoisotopic (exact) mass is 445 g/mol. The molecular formula is C22H27N3O5S. The zero-order valence-corrected chi connectivity index (χ0v) is 19.0. The fourth-order valence-electron chi connectivity index (χ4n) is 3.23. The van der Waals surface area contributed by atoms with Crippen LogP contribution in [0, 0.1) is 0 Å². The van der Waals surface area contributed by atoms with Gasteiger partial charge in [-0.05, 0) is 42.3 Å². The Morgan fingerprint density at radius 2 is 1.81 bits per heavy atom. The molecule has 1 aromatic heterocycles. The molecule has 0 N–H and O–H groups in total. The summed E-state index contributed by atoms with van der Waals surface area (Å²) in [6.45, 7) is 3.17. The largest absolute Gasteiger partial charge is 0.454 e. The van der Waals surface area contributed by atoms with Gasteiger partial charge in [0.05, 0.1) is 28.1 Å². The maximum Gasteiger partial charge on any atom is 0.338 e. The van der Waals surface area contributed by atoms with Crippen LogP contribution in [0.25, 0.3) is 11.0 Å². The minimum Gasteiger partial charge on any atom is -0.454 e. The molecule has 0 fully saturated rings. The van der Waals surface area contributed by atoms with Gasteiger partial charge in [0.25, 0.3) is 0 Å². The molecule has 0 bridgehead atoms. The first-order valence-corrected chi connectivity index (χ1v) is 11.4. The minimum absolute atomic E-state index is 0.0108. The summed E-state index contributed by atoms with van der Waals surface area (Å²) in [4.78, 5) is 17.2. The number of aromatic nitrogens is 2. The van der Waals surface area contributed by atoms with E-state index >= 15 is 0 Å². The van der Waals surface area contributed by atoms with Gasteiger partial charge in [-0.2, -0.15) is 0 Å². The Balaban J connectivity index is 1.85. The number of carbonyl (C=O) groups excluding carboxylic acids is 1. The number of carbonyl (C=O) groups is 1. The van der Waals surface area contributed by atoms with E-state index in [-0.39, 0.29) is 11.5 Å². The van der Waals surface area contributed by atoms with Gasteiger partial charge in [-0.25, -0.2) is 22.5 Å². The van der Waals surface area contributed by atoms with Crippen molar-refractivity contribution in [2.45, 2.75) is 38.0 Å². The Hall–Kier alpha value is -2.75.